The summed E-state index contributed by atoms with van der Waals surface area (Å²) in [4.78, 5) is 0. The first-order valence-corrected chi connectivity index (χ1v) is 9.62. The molecule has 5 heteroatoms. The minimum atomic E-state index is -3.20. The number of piperidine rings is 1. The van der Waals surface area contributed by atoms with E-state index in [4.69, 9.17) is 5.73 Å². The van der Waals surface area contributed by atoms with E-state index in [9.17, 15) is 8.42 Å². The molecule has 1 aliphatic heterocycles. The van der Waals surface area contributed by atoms with Gasteiger partial charge in [0, 0.05) is 19.1 Å². The van der Waals surface area contributed by atoms with Crippen LogP contribution < -0.4 is 5.73 Å². The quantitative estimate of drug-likeness (QED) is 0.786. The molecule has 1 saturated heterocycles. The molecular weight excluding hydrogens is 272 g/mol. The van der Waals surface area contributed by atoms with Gasteiger partial charge in [0.05, 0.1) is 5.75 Å². The van der Waals surface area contributed by atoms with Crippen LogP contribution in [0.1, 0.15) is 59.8 Å². The smallest absolute Gasteiger partial charge is 0.215 e. The van der Waals surface area contributed by atoms with Crippen LogP contribution in [0.2, 0.25) is 0 Å². The second-order valence-corrected chi connectivity index (χ2v) is 8.60. The first-order valence-electron chi connectivity index (χ1n) is 8.01. The molecule has 0 aromatic heterocycles. The van der Waals surface area contributed by atoms with Gasteiger partial charge < -0.3 is 5.73 Å². The van der Waals surface area contributed by atoms with Gasteiger partial charge >= 0.3 is 0 Å². The van der Waals surface area contributed by atoms with Crippen molar-refractivity contribution in [2.45, 2.75) is 65.8 Å². The minimum Gasteiger partial charge on any atom is -0.326 e. The molecular formula is C15H32N2O2S. The van der Waals surface area contributed by atoms with Crippen molar-refractivity contribution in [3.05, 3.63) is 0 Å². The van der Waals surface area contributed by atoms with E-state index in [2.05, 4.69) is 27.7 Å². The average Bonchev–Trinajstić information content (AvgIpc) is 2.40. The van der Waals surface area contributed by atoms with Crippen LogP contribution in [0, 0.1) is 11.3 Å². The van der Waals surface area contributed by atoms with Gasteiger partial charge in [-0.2, -0.15) is 0 Å². The summed E-state index contributed by atoms with van der Waals surface area (Å²) < 4.78 is 26.6. The van der Waals surface area contributed by atoms with E-state index in [1.807, 2.05) is 0 Å². The minimum absolute atomic E-state index is 0.0994. The largest absolute Gasteiger partial charge is 0.326 e. The van der Waals surface area contributed by atoms with Crippen LogP contribution in [0.3, 0.4) is 0 Å². The second-order valence-electron chi connectivity index (χ2n) is 6.58. The summed E-state index contributed by atoms with van der Waals surface area (Å²) in [7, 11) is -3.20. The van der Waals surface area contributed by atoms with Crippen molar-refractivity contribution < 1.29 is 8.42 Å². The van der Waals surface area contributed by atoms with Crippen molar-refractivity contribution in [2.24, 2.45) is 17.1 Å². The van der Waals surface area contributed by atoms with E-state index >= 15 is 0 Å². The SMILES string of the molecule is CCC(CC)C(N)CS(=O)(=O)N1CCC(C)(CC)CC1. The Morgan fingerprint density at radius 3 is 2.05 bits per heavy atom. The van der Waals surface area contributed by atoms with E-state index in [0.29, 0.717) is 24.4 Å². The molecule has 0 bridgehead atoms. The molecule has 1 fully saturated rings. The van der Waals surface area contributed by atoms with Gasteiger partial charge in [0.25, 0.3) is 0 Å². The summed E-state index contributed by atoms with van der Waals surface area (Å²) in [6.45, 7) is 9.91. The molecule has 0 radical (unpaired) electrons. The third-order valence-electron chi connectivity index (χ3n) is 5.23. The van der Waals surface area contributed by atoms with Gasteiger partial charge in [-0.15, -0.1) is 0 Å². The molecule has 0 aliphatic carbocycles. The van der Waals surface area contributed by atoms with Gasteiger partial charge in [-0.3, -0.25) is 0 Å². The Balaban J connectivity index is 2.62. The van der Waals surface area contributed by atoms with Crippen molar-refractivity contribution in [3.63, 3.8) is 0 Å². The monoisotopic (exact) mass is 304 g/mol. The maximum absolute atomic E-state index is 12.5. The van der Waals surface area contributed by atoms with E-state index < -0.39 is 10.0 Å². The van der Waals surface area contributed by atoms with Gasteiger partial charge in [-0.1, -0.05) is 47.0 Å². The summed E-state index contributed by atoms with van der Waals surface area (Å²) in [5, 5.41) is 0. The number of rotatable bonds is 7. The van der Waals surface area contributed by atoms with Crippen LogP contribution in [0.5, 0.6) is 0 Å². The molecule has 1 atom stereocenters. The molecule has 4 nitrogen and oxygen atoms in total. The topological polar surface area (TPSA) is 63.4 Å². The standard InChI is InChI=1S/C15H32N2O2S/c1-5-13(6-2)14(16)12-20(18,19)17-10-8-15(4,7-3)9-11-17/h13-14H,5-12,16H2,1-4H3. The highest BCUT2D eigenvalue weighted by molar-refractivity contribution is 7.89. The Kier molecular flexibility index (Phi) is 6.48. The molecule has 0 aromatic carbocycles. The maximum atomic E-state index is 12.5. The molecule has 1 heterocycles. The van der Waals surface area contributed by atoms with Crippen molar-refractivity contribution >= 4 is 10.0 Å². The van der Waals surface area contributed by atoms with Crippen LogP contribution in [-0.4, -0.2) is 37.6 Å². The fourth-order valence-corrected chi connectivity index (χ4v) is 4.74. The lowest BCUT2D eigenvalue weighted by molar-refractivity contribution is 0.168. The first-order chi connectivity index (χ1) is 9.28. The van der Waals surface area contributed by atoms with Crippen molar-refractivity contribution in [3.8, 4) is 0 Å². The van der Waals surface area contributed by atoms with E-state index in [1.165, 1.54) is 0 Å². The fraction of sp³-hybridized carbons (Fsp3) is 1.00. The molecule has 1 aliphatic rings. The maximum Gasteiger partial charge on any atom is 0.215 e. The third-order valence-corrected chi connectivity index (χ3v) is 7.19. The van der Waals surface area contributed by atoms with Gasteiger partial charge in [0.2, 0.25) is 10.0 Å². The zero-order valence-electron chi connectivity index (χ0n) is 13.6. The summed E-state index contributed by atoms with van der Waals surface area (Å²) in [6, 6.07) is -0.241. The van der Waals surface area contributed by atoms with Crippen LogP contribution in [0.25, 0.3) is 0 Å². The Hall–Kier alpha value is -0.130. The molecule has 0 amide bonds. The lowest BCUT2D eigenvalue weighted by Gasteiger charge is -2.38. The zero-order valence-corrected chi connectivity index (χ0v) is 14.4. The number of hydrogen-bond acceptors (Lipinski definition) is 3. The molecule has 20 heavy (non-hydrogen) atoms. The van der Waals surface area contributed by atoms with Gasteiger partial charge in [0.1, 0.15) is 0 Å². The highest BCUT2D eigenvalue weighted by atomic mass is 32.2. The van der Waals surface area contributed by atoms with Gasteiger partial charge in [0.15, 0.2) is 0 Å². The predicted octanol–water partition coefficient (Wildman–Crippen LogP) is 2.59. The molecule has 2 N–H and O–H groups in total. The Morgan fingerprint density at radius 1 is 1.15 bits per heavy atom. The van der Waals surface area contributed by atoms with Crippen LogP contribution in [-0.2, 0) is 10.0 Å². The van der Waals surface area contributed by atoms with Crippen molar-refractivity contribution in [1.82, 2.24) is 4.31 Å². The van der Waals surface area contributed by atoms with Crippen LogP contribution in [0.4, 0.5) is 0 Å². The Bertz CT molecular complexity index is 383. The second kappa shape index (κ2) is 7.23. The highest BCUT2D eigenvalue weighted by Crippen LogP contribution is 2.35. The summed E-state index contributed by atoms with van der Waals surface area (Å²) in [6.07, 6.45) is 4.93. The number of nitrogens with zero attached hydrogens (tertiary/aromatic N) is 1. The Labute approximate surface area is 125 Å². The zero-order chi connectivity index (χ0) is 15.4. The highest BCUT2D eigenvalue weighted by Gasteiger charge is 2.34. The van der Waals surface area contributed by atoms with Crippen molar-refractivity contribution in [2.75, 3.05) is 18.8 Å². The molecule has 0 spiro atoms. The number of nitrogens with two attached hydrogens (primary N) is 1. The molecule has 1 rings (SSSR count). The third kappa shape index (κ3) is 4.43. The number of hydrogen-bond donors (Lipinski definition) is 1. The molecule has 0 saturated carbocycles. The molecule has 1 unspecified atom stereocenters. The summed E-state index contributed by atoms with van der Waals surface area (Å²) in [5.41, 5.74) is 6.41. The normalized spacial score (nSPS) is 22.1. The van der Waals surface area contributed by atoms with E-state index in [0.717, 1.165) is 32.1 Å². The summed E-state index contributed by atoms with van der Waals surface area (Å²) >= 11 is 0. The fourth-order valence-electron chi connectivity index (χ4n) is 3.04. The first kappa shape index (κ1) is 17.9. The molecule has 120 valence electrons. The van der Waals surface area contributed by atoms with Crippen molar-refractivity contribution in [1.29, 1.82) is 0 Å². The summed E-state index contributed by atoms with van der Waals surface area (Å²) in [5.74, 6) is 0.401. The lowest BCUT2D eigenvalue weighted by Crippen LogP contribution is -2.47. The van der Waals surface area contributed by atoms with E-state index in [-0.39, 0.29) is 11.8 Å². The lowest BCUT2D eigenvalue weighted by atomic mass is 9.79. The van der Waals surface area contributed by atoms with Crippen LogP contribution in [0.15, 0.2) is 0 Å². The van der Waals surface area contributed by atoms with Gasteiger partial charge in [-0.05, 0) is 24.2 Å². The number of sulfonamides is 1. The average molecular weight is 305 g/mol. The van der Waals surface area contributed by atoms with Crippen LogP contribution >= 0.6 is 0 Å². The van der Waals surface area contributed by atoms with Gasteiger partial charge in [-0.25, -0.2) is 12.7 Å². The predicted molar refractivity (Wildman–Crippen MR) is 85.0 cm³/mol. The van der Waals surface area contributed by atoms with E-state index in [1.54, 1.807) is 4.31 Å². The Morgan fingerprint density at radius 2 is 1.65 bits per heavy atom. The molecule has 0 aromatic rings.